The van der Waals surface area contributed by atoms with Crippen LogP contribution in [0.1, 0.15) is 37.7 Å². The predicted molar refractivity (Wildman–Crippen MR) is 74.9 cm³/mol. The molecule has 0 N–H and O–H groups in total. The lowest BCUT2D eigenvalue weighted by atomic mass is 9.68. The highest BCUT2D eigenvalue weighted by Gasteiger charge is 2.41. The molecule has 0 saturated heterocycles. The second-order valence-electron chi connectivity index (χ2n) is 5.35. The molecule has 1 aliphatic carbocycles. The zero-order valence-electron chi connectivity index (χ0n) is 11.1. The van der Waals surface area contributed by atoms with Gasteiger partial charge in [-0.1, -0.05) is 43.0 Å². The number of hydrogen-bond donors (Lipinski definition) is 0. The summed E-state index contributed by atoms with van der Waals surface area (Å²) < 4.78 is 0. The minimum atomic E-state index is -0.327. The third kappa shape index (κ3) is 2.39. The largest absolute Gasteiger partial charge is 0.348 e. The van der Waals surface area contributed by atoms with E-state index in [0.717, 1.165) is 36.3 Å². The molecule has 2 nitrogen and oxygen atoms in total. The van der Waals surface area contributed by atoms with Crippen LogP contribution in [-0.2, 0) is 10.2 Å². The first-order valence-corrected chi connectivity index (χ1v) is 6.92. The summed E-state index contributed by atoms with van der Waals surface area (Å²) in [5.74, 6) is 0.226. The highest BCUT2D eigenvalue weighted by molar-refractivity contribution is 6.30. The van der Waals surface area contributed by atoms with Crippen LogP contribution in [0.2, 0.25) is 5.02 Å². The Kier molecular flexibility index (Phi) is 3.96. The molecule has 1 aliphatic rings. The Morgan fingerprint density at radius 3 is 2.17 bits per heavy atom. The molecule has 1 fully saturated rings. The van der Waals surface area contributed by atoms with Gasteiger partial charge in [0.25, 0.3) is 0 Å². The van der Waals surface area contributed by atoms with Crippen molar-refractivity contribution in [2.75, 3.05) is 14.1 Å². The Labute approximate surface area is 114 Å². The van der Waals surface area contributed by atoms with Crippen LogP contribution in [0.3, 0.4) is 0 Å². The molecule has 0 aromatic heterocycles. The maximum atomic E-state index is 12.6. The van der Waals surface area contributed by atoms with E-state index >= 15 is 0 Å². The molecule has 1 saturated carbocycles. The maximum absolute atomic E-state index is 12.6. The number of carbonyl (C=O) groups excluding carboxylic acids is 1. The van der Waals surface area contributed by atoms with Crippen molar-refractivity contribution in [1.29, 1.82) is 0 Å². The highest BCUT2D eigenvalue weighted by atomic mass is 35.5. The number of carbonyl (C=O) groups is 1. The van der Waals surface area contributed by atoms with Crippen molar-refractivity contribution in [1.82, 2.24) is 4.90 Å². The first-order chi connectivity index (χ1) is 8.56. The van der Waals surface area contributed by atoms with Crippen LogP contribution in [0.15, 0.2) is 24.3 Å². The normalized spacial score (nSPS) is 18.4. The Bertz CT molecular complexity index is 419. The summed E-state index contributed by atoms with van der Waals surface area (Å²) in [6, 6.07) is 7.79. The second-order valence-corrected chi connectivity index (χ2v) is 5.79. The lowest BCUT2D eigenvalue weighted by Crippen LogP contribution is -2.45. The van der Waals surface area contributed by atoms with Crippen LogP contribution in [0.4, 0.5) is 0 Å². The fraction of sp³-hybridized carbons (Fsp3) is 0.533. The number of likely N-dealkylation sites (N-methyl/N-ethyl adjacent to an activating group) is 1. The van der Waals surface area contributed by atoms with Crippen molar-refractivity contribution < 1.29 is 4.79 Å². The minimum absolute atomic E-state index is 0.226. The van der Waals surface area contributed by atoms with Gasteiger partial charge in [-0.05, 0) is 30.5 Å². The van der Waals surface area contributed by atoms with Crippen LogP contribution in [0.25, 0.3) is 0 Å². The molecule has 18 heavy (non-hydrogen) atoms. The highest BCUT2D eigenvalue weighted by Crippen LogP contribution is 2.41. The lowest BCUT2D eigenvalue weighted by molar-refractivity contribution is -0.136. The molecule has 0 heterocycles. The maximum Gasteiger partial charge on any atom is 0.232 e. The summed E-state index contributed by atoms with van der Waals surface area (Å²) in [5.41, 5.74) is 0.789. The standard InChI is InChI=1S/C15H20ClNO/c1-17(2)14(18)15(10-4-3-5-11-15)12-6-8-13(16)9-7-12/h6-9H,3-5,10-11H2,1-2H3. The quantitative estimate of drug-likeness (QED) is 0.800. The number of rotatable bonds is 2. The van der Waals surface area contributed by atoms with Gasteiger partial charge in [0.1, 0.15) is 0 Å². The number of hydrogen-bond acceptors (Lipinski definition) is 1. The third-order valence-corrected chi connectivity index (χ3v) is 4.17. The summed E-state index contributed by atoms with van der Waals surface area (Å²) in [6.07, 6.45) is 5.39. The fourth-order valence-electron chi connectivity index (χ4n) is 2.98. The van der Waals surface area contributed by atoms with Gasteiger partial charge in [0, 0.05) is 19.1 Å². The topological polar surface area (TPSA) is 20.3 Å². The van der Waals surface area contributed by atoms with Crippen LogP contribution < -0.4 is 0 Å². The predicted octanol–water partition coefficient (Wildman–Crippen LogP) is 3.63. The monoisotopic (exact) mass is 265 g/mol. The molecule has 0 radical (unpaired) electrons. The van der Waals surface area contributed by atoms with Gasteiger partial charge >= 0.3 is 0 Å². The molecule has 2 rings (SSSR count). The molecular weight excluding hydrogens is 246 g/mol. The van der Waals surface area contributed by atoms with Gasteiger partial charge in [0.05, 0.1) is 5.41 Å². The molecule has 0 bridgehead atoms. The molecular formula is C15H20ClNO. The van der Waals surface area contributed by atoms with Gasteiger partial charge in [0.15, 0.2) is 0 Å². The van der Waals surface area contributed by atoms with Crippen molar-refractivity contribution in [2.24, 2.45) is 0 Å². The Hall–Kier alpha value is -1.02. The minimum Gasteiger partial charge on any atom is -0.348 e. The van der Waals surface area contributed by atoms with Gasteiger partial charge in [-0.15, -0.1) is 0 Å². The first kappa shape index (κ1) is 13.4. The SMILES string of the molecule is CN(C)C(=O)C1(c2ccc(Cl)cc2)CCCCC1. The smallest absolute Gasteiger partial charge is 0.232 e. The van der Waals surface area contributed by atoms with E-state index in [-0.39, 0.29) is 11.3 Å². The molecule has 1 aromatic carbocycles. The molecule has 0 unspecified atom stereocenters. The number of halogens is 1. The van der Waals surface area contributed by atoms with Crippen molar-refractivity contribution in [3.8, 4) is 0 Å². The van der Waals surface area contributed by atoms with Crippen LogP contribution >= 0.6 is 11.6 Å². The number of benzene rings is 1. The second kappa shape index (κ2) is 5.31. The van der Waals surface area contributed by atoms with E-state index in [2.05, 4.69) is 0 Å². The summed E-state index contributed by atoms with van der Waals surface area (Å²) in [7, 11) is 3.68. The van der Waals surface area contributed by atoms with E-state index in [1.807, 2.05) is 38.4 Å². The van der Waals surface area contributed by atoms with Crippen molar-refractivity contribution in [3.05, 3.63) is 34.9 Å². The van der Waals surface area contributed by atoms with Crippen LogP contribution in [0, 0.1) is 0 Å². The van der Waals surface area contributed by atoms with Crippen molar-refractivity contribution >= 4 is 17.5 Å². The Balaban J connectivity index is 2.41. The molecule has 1 aromatic rings. The van der Waals surface area contributed by atoms with Gasteiger partial charge < -0.3 is 4.90 Å². The lowest BCUT2D eigenvalue weighted by Gasteiger charge is -2.38. The summed E-state index contributed by atoms with van der Waals surface area (Å²) in [4.78, 5) is 14.3. The average Bonchev–Trinajstić information content (AvgIpc) is 2.39. The van der Waals surface area contributed by atoms with Gasteiger partial charge in [-0.25, -0.2) is 0 Å². The van der Waals surface area contributed by atoms with E-state index in [4.69, 9.17) is 11.6 Å². The Morgan fingerprint density at radius 2 is 1.67 bits per heavy atom. The van der Waals surface area contributed by atoms with Crippen LogP contribution in [-0.4, -0.2) is 24.9 Å². The molecule has 3 heteroatoms. The van der Waals surface area contributed by atoms with E-state index in [0.29, 0.717) is 0 Å². The van der Waals surface area contributed by atoms with E-state index < -0.39 is 0 Å². The Morgan fingerprint density at radius 1 is 1.11 bits per heavy atom. The van der Waals surface area contributed by atoms with Crippen molar-refractivity contribution in [3.63, 3.8) is 0 Å². The van der Waals surface area contributed by atoms with Crippen molar-refractivity contribution in [2.45, 2.75) is 37.5 Å². The zero-order valence-corrected chi connectivity index (χ0v) is 11.8. The summed E-state index contributed by atoms with van der Waals surface area (Å²) in [5, 5.41) is 0.724. The number of amides is 1. The van der Waals surface area contributed by atoms with E-state index in [9.17, 15) is 4.79 Å². The molecule has 0 atom stereocenters. The van der Waals surface area contributed by atoms with E-state index in [1.54, 1.807) is 4.90 Å². The third-order valence-electron chi connectivity index (χ3n) is 3.92. The summed E-state index contributed by atoms with van der Waals surface area (Å²) >= 11 is 5.94. The number of nitrogens with zero attached hydrogens (tertiary/aromatic N) is 1. The van der Waals surface area contributed by atoms with Crippen LogP contribution in [0.5, 0.6) is 0 Å². The average molecular weight is 266 g/mol. The molecule has 98 valence electrons. The van der Waals surface area contributed by atoms with Gasteiger partial charge in [-0.3, -0.25) is 4.79 Å². The molecule has 0 spiro atoms. The van der Waals surface area contributed by atoms with Gasteiger partial charge in [-0.2, -0.15) is 0 Å². The fourth-order valence-corrected chi connectivity index (χ4v) is 3.10. The first-order valence-electron chi connectivity index (χ1n) is 6.54. The molecule has 1 amide bonds. The van der Waals surface area contributed by atoms with Gasteiger partial charge in [0.2, 0.25) is 5.91 Å². The molecule has 0 aliphatic heterocycles. The summed E-state index contributed by atoms with van der Waals surface area (Å²) in [6.45, 7) is 0. The van der Waals surface area contributed by atoms with E-state index in [1.165, 1.54) is 6.42 Å². The zero-order chi connectivity index (χ0) is 13.2.